The summed E-state index contributed by atoms with van der Waals surface area (Å²) in [6, 6.07) is 14.0. The number of benzene rings is 1. The van der Waals surface area contributed by atoms with Crippen LogP contribution in [0.3, 0.4) is 0 Å². The summed E-state index contributed by atoms with van der Waals surface area (Å²) in [4.78, 5) is 14.3. The van der Waals surface area contributed by atoms with Crippen molar-refractivity contribution in [3.8, 4) is 5.82 Å². The summed E-state index contributed by atoms with van der Waals surface area (Å²) >= 11 is 0. The fraction of sp³-hybridized carbons (Fsp3) is 0.111. The molecule has 4 nitrogen and oxygen atoms in total. The van der Waals surface area contributed by atoms with E-state index in [0.717, 1.165) is 11.2 Å². The number of nitrogens with zero attached hydrogens (tertiary/aromatic N) is 2. The zero-order valence-corrected chi connectivity index (χ0v) is 15.3. The van der Waals surface area contributed by atoms with Gasteiger partial charge in [0.1, 0.15) is 0 Å². The molecule has 2 aromatic heterocycles. The number of fused-ring (bicyclic) bond motifs is 1. The Morgan fingerprint density at radius 2 is 1.87 bits per heavy atom. The summed E-state index contributed by atoms with van der Waals surface area (Å²) in [5.74, 6) is 0.834. The zero-order valence-electron chi connectivity index (χ0n) is 12.9. The van der Waals surface area contributed by atoms with Crippen molar-refractivity contribution < 1.29 is 30.0 Å². The van der Waals surface area contributed by atoms with E-state index in [1.807, 2.05) is 41.1 Å². The monoisotopic (exact) mass is 486 g/mol. The number of carbonyl (C=O) groups is 1. The molecule has 0 aliphatic rings. The average molecular weight is 486 g/mol. The van der Waals surface area contributed by atoms with Crippen LogP contribution < -0.4 is 0 Å². The number of pyridine rings is 1. The van der Waals surface area contributed by atoms with Gasteiger partial charge in [-0.2, -0.15) is 0 Å². The summed E-state index contributed by atoms with van der Waals surface area (Å²) in [6.45, 7) is 2.85. The van der Waals surface area contributed by atoms with Gasteiger partial charge < -0.3 is 9.67 Å². The maximum absolute atomic E-state index is 10.0. The first-order valence-corrected chi connectivity index (χ1v) is 6.85. The standard InChI is InChI=1S/C13H9N2.C5H8O2.Ir/c1-2-6-12-10-15(9-11(12)5-1)13-7-3-4-8-14-13;1-4(6)3-5(2)7;/h1-9H;3,6H,1-2H3;/q-1;;/b;4-3-;. The molecule has 0 bridgehead atoms. The molecule has 0 amide bonds. The van der Waals surface area contributed by atoms with Crippen molar-refractivity contribution in [1.82, 2.24) is 9.55 Å². The van der Waals surface area contributed by atoms with Gasteiger partial charge in [0.05, 0.1) is 11.6 Å². The van der Waals surface area contributed by atoms with Gasteiger partial charge in [-0.1, -0.05) is 41.9 Å². The van der Waals surface area contributed by atoms with Crippen LogP contribution in [0.15, 0.2) is 66.7 Å². The fourth-order valence-electron chi connectivity index (χ4n) is 1.93. The maximum Gasteiger partial charge on any atom is 0.155 e. The Balaban J connectivity index is 0.000000287. The third-order valence-corrected chi connectivity index (χ3v) is 2.78. The predicted molar refractivity (Wildman–Crippen MR) is 87.0 cm³/mol. The van der Waals surface area contributed by atoms with Crippen molar-refractivity contribution in [2.24, 2.45) is 0 Å². The van der Waals surface area contributed by atoms with Crippen molar-refractivity contribution >= 4 is 16.6 Å². The van der Waals surface area contributed by atoms with Gasteiger partial charge in [-0.25, -0.2) is 0 Å². The second-order valence-corrected chi connectivity index (χ2v) is 4.78. The van der Waals surface area contributed by atoms with Gasteiger partial charge in [0.2, 0.25) is 0 Å². The van der Waals surface area contributed by atoms with E-state index < -0.39 is 0 Å². The van der Waals surface area contributed by atoms with E-state index in [2.05, 4.69) is 23.3 Å². The molecule has 0 spiro atoms. The Bertz CT molecular complexity index is 758. The van der Waals surface area contributed by atoms with Gasteiger partial charge in [-0.05, 0) is 26.1 Å². The molecule has 0 aliphatic heterocycles. The first kappa shape index (κ1) is 18.8. The molecule has 1 aromatic carbocycles. The van der Waals surface area contributed by atoms with E-state index in [0.29, 0.717) is 0 Å². The Morgan fingerprint density at radius 1 is 1.17 bits per heavy atom. The molecular formula is C18H17IrN2O2-. The Morgan fingerprint density at radius 3 is 2.39 bits per heavy atom. The minimum atomic E-state index is -0.125. The smallest absolute Gasteiger partial charge is 0.155 e. The Labute approximate surface area is 148 Å². The normalized spacial score (nSPS) is 10.4. The second kappa shape index (κ2) is 9.03. The van der Waals surface area contributed by atoms with Crippen LogP contribution in [0.2, 0.25) is 0 Å². The van der Waals surface area contributed by atoms with Crippen LogP contribution in [0.25, 0.3) is 16.6 Å². The van der Waals surface area contributed by atoms with E-state index in [9.17, 15) is 4.79 Å². The molecule has 0 saturated heterocycles. The number of hydrogen-bond donors (Lipinski definition) is 1. The first-order valence-electron chi connectivity index (χ1n) is 6.85. The molecule has 0 aliphatic carbocycles. The third-order valence-electron chi connectivity index (χ3n) is 2.78. The summed E-state index contributed by atoms with van der Waals surface area (Å²) < 4.78 is 1.92. The van der Waals surface area contributed by atoms with Crippen molar-refractivity contribution in [3.05, 3.63) is 72.9 Å². The molecule has 0 saturated carbocycles. The molecule has 23 heavy (non-hydrogen) atoms. The van der Waals surface area contributed by atoms with Crippen LogP contribution in [0.1, 0.15) is 13.8 Å². The summed E-state index contributed by atoms with van der Waals surface area (Å²) in [5, 5.41) is 10.7. The molecule has 121 valence electrons. The molecule has 0 fully saturated rings. The van der Waals surface area contributed by atoms with E-state index in [1.165, 1.54) is 25.3 Å². The summed E-state index contributed by atoms with van der Waals surface area (Å²) in [7, 11) is 0. The predicted octanol–water partition coefficient (Wildman–Crippen LogP) is 3.86. The first-order chi connectivity index (χ1) is 10.6. The van der Waals surface area contributed by atoms with Gasteiger partial charge in [0.15, 0.2) is 5.78 Å². The molecule has 0 unspecified atom stereocenters. The molecule has 3 aromatic rings. The number of rotatable bonds is 2. The van der Waals surface area contributed by atoms with Gasteiger partial charge in [-0.3, -0.25) is 9.78 Å². The van der Waals surface area contributed by atoms with Crippen LogP contribution in [-0.4, -0.2) is 20.4 Å². The van der Waals surface area contributed by atoms with E-state index in [-0.39, 0.29) is 31.6 Å². The number of allylic oxidation sites excluding steroid dienone is 2. The van der Waals surface area contributed by atoms with E-state index in [4.69, 9.17) is 5.11 Å². The number of aliphatic hydroxyl groups is 1. The van der Waals surface area contributed by atoms with Crippen LogP contribution in [-0.2, 0) is 24.9 Å². The molecule has 3 rings (SSSR count). The second-order valence-electron chi connectivity index (χ2n) is 4.78. The van der Waals surface area contributed by atoms with Gasteiger partial charge in [-0.15, -0.1) is 11.5 Å². The number of aromatic nitrogens is 2. The quantitative estimate of drug-likeness (QED) is 0.341. The number of aliphatic hydroxyl groups excluding tert-OH is 1. The molecule has 5 heteroatoms. The van der Waals surface area contributed by atoms with Gasteiger partial charge >= 0.3 is 0 Å². The van der Waals surface area contributed by atoms with Crippen molar-refractivity contribution in [3.63, 3.8) is 0 Å². The topological polar surface area (TPSA) is 55.1 Å². The van der Waals surface area contributed by atoms with Crippen molar-refractivity contribution in [2.75, 3.05) is 0 Å². The number of carbonyl (C=O) groups excluding carboxylic acids is 1. The molecule has 1 N–H and O–H groups in total. The Kier molecular flexibility index (Phi) is 7.39. The van der Waals surface area contributed by atoms with Gasteiger partial charge in [0, 0.05) is 32.4 Å². The van der Waals surface area contributed by atoms with Crippen LogP contribution in [0.4, 0.5) is 0 Å². The minimum absolute atomic E-state index is 0. The number of hydrogen-bond acceptors (Lipinski definition) is 3. The van der Waals surface area contributed by atoms with Gasteiger partial charge in [0.25, 0.3) is 0 Å². The van der Waals surface area contributed by atoms with Crippen molar-refractivity contribution in [1.29, 1.82) is 0 Å². The number of ketones is 1. The average Bonchev–Trinajstić information content (AvgIpc) is 2.91. The SMILES string of the molecule is CC(=O)/C=C(/C)O.[Ir].[c-]1c2ccccc2cn1-c1ccccn1. The fourth-order valence-corrected chi connectivity index (χ4v) is 1.93. The van der Waals surface area contributed by atoms with Crippen LogP contribution in [0, 0.1) is 6.20 Å². The summed E-state index contributed by atoms with van der Waals surface area (Å²) in [5.41, 5.74) is 0. The third kappa shape index (κ3) is 5.81. The van der Waals surface area contributed by atoms with E-state index >= 15 is 0 Å². The minimum Gasteiger partial charge on any atom is -0.512 e. The van der Waals surface area contributed by atoms with Crippen LogP contribution in [0.5, 0.6) is 0 Å². The molecule has 2 heterocycles. The van der Waals surface area contributed by atoms with E-state index in [1.54, 1.807) is 6.20 Å². The van der Waals surface area contributed by atoms with Crippen LogP contribution >= 0.6 is 0 Å². The largest absolute Gasteiger partial charge is 0.512 e. The van der Waals surface area contributed by atoms with Crippen molar-refractivity contribution in [2.45, 2.75) is 13.8 Å². The molecule has 0 atom stereocenters. The summed E-state index contributed by atoms with van der Waals surface area (Å²) in [6.07, 6.45) is 8.26. The molecular weight excluding hydrogens is 468 g/mol. The maximum atomic E-state index is 10.0. The Hall–Kier alpha value is -2.23. The molecule has 1 radical (unpaired) electrons. The zero-order chi connectivity index (χ0) is 15.9.